The monoisotopic (exact) mass is 355 g/mol. The standard InChI is InChI=1S/C21H17N5O/c1-13(14-5-6-19-15(8-14)4-3-7-22-19)20-18-9-16(10-23-21(18)27-25-20)17-11-24-26(2)12-17/h3-13H,1-2H3/t13-/m1/s1. The zero-order chi connectivity index (χ0) is 18.4. The molecule has 0 saturated carbocycles. The van der Waals surface area contributed by atoms with Crippen LogP contribution in [0.4, 0.5) is 0 Å². The minimum Gasteiger partial charge on any atom is -0.336 e. The minimum atomic E-state index is 0.0711. The van der Waals surface area contributed by atoms with Gasteiger partial charge in [0.15, 0.2) is 0 Å². The zero-order valence-corrected chi connectivity index (χ0v) is 15.0. The molecule has 5 aromatic rings. The van der Waals surface area contributed by atoms with Crippen molar-refractivity contribution in [2.45, 2.75) is 12.8 Å². The quantitative estimate of drug-likeness (QED) is 0.482. The number of benzene rings is 1. The van der Waals surface area contributed by atoms with Crippen molar-refractivity contribution in [1.82, 2.24) is 24.9 Å². The van der Waals surface area contributed by atoms with Crippen LogP contribution in [0.2, 0.25) is 0 Å². The molecule has 0 amide bonds. The Morgan fingerprint density at radius 1 is 1.04 bits per heavy atom. The number of hydrogen-bond acceptors (Lipinski definition) is 5. The molecule has 4 aromatic heterocycles. The van der Waals surface area contributed by atoms with Gasteiger partial charge < -0.3 is 4.52 Å². The summed E-state index contributed by atoms with van der Waals surface area (Å²) in [5.41, 5.74) is 5.59. The molecular formula is C21H17N5O. The van der Waals surface area contributed by atoms with E-state index < -0.39 is 0 Å². The van der Waals surface area contributed by atoms with E-state index in [9.17, 15) is 0 Å². The normalized spacial score (nSPS) is 12.7. The number of hydrogen-bond donors (Lipinski definition) is 0. The molecule has 1 atom stereocenters. The Balaban J connectivity index is 1.60. The van der Waals surface area contributed by atoms with Gasteiger partial charge in [0.25, 0.3) is 5.71 Å². The average Bonchev–Trinajstić information content (AvgIpc) is 3.32. The van der Waals surface area contributed by atoms with Gasteiger partial charge in [-0.3, -0.25) is 9.67 Å². The molecule has 0 aliphatic rings. The van der Waals surface area contributed by atoms with Crippen LogP contribution in [0, 0.1) is 0 Å². The van der Waals surface area contributed by atoms with Gasteiger partial charge in [-0.25, -0.2) is 4.98 Å². The van der Waals surface area contributed by atoms with Gasteiger partial charge >= 0.3 is 0 Å². The van der Waals surface area contributed by atoms with Gasteiger partial charge in [-0.05, 0) is 29.8 Å². The molecule has 4 heterocycles. The fourth-order valence-electron chi connectivity index (χ4n) is 3.41. The van der Waals surface area contributed by atoms with Gasteiger partial charge in [0.1, 0.15) is 5.69 Å². The van der Waals surface area contributed by atoms with E-state index in [1.807, 2.05) is 37.8 Å². The molecule has 6 heteroatoms. The van der Waals surface area contributed by atoms with Crippen LogP contribution in [0.3, 0.4) is 0 Å². The lowest BCUT2D eigenvalue weighted by Gasteiger charge is -2.10. The Hall–Kier alpha value is -3.54. The van der Waals surface area contributed by atoms with Crippen molar-refractivity contribution in [1.29, 1.82) is 0 Å². The van der Waals surface area contributed by atoms with E-state index >= 15 is 0 Å². The number of nitrogens with zero attached hydrogens (tertiary/aromatic N) is 5. The van der Waals surface area contributed by atoms with Crippen molar-refractivity contribution in [3.05, 3.63) is 72.4 Å². The highest BCUT2D eigenvalue weighted by molar-refractivity contribution is 5.83. The Morgan fingerprint density at radius 2 is 1.96 bits per heavy atom. The highest BCUT2D eigenvalue weighted by atomic mass is 16.5. The summed E-state index contributed by atoms with van der Waals surface area (Å²) in [7, 11) is 1.90. The first-order chi connectivity index (χ1) is 13.2. The van der Waals surface area contributed by atoms with Crippen LogP contribution >= 0.6 is 0 Å². The van der Waals surface area contributed by atoms with Crippen LogP contribution in [-0.4, -0.2) is 24.9 Å². The van der Waals surface area contributed by atoms with Gasteiger partial charge in [0, 0.05) is 48.1 Å². The number of pyridine rings is 2. The van der Waals surface area contributed by atoms with E-state index in [1.54, 1.807) is 10.9 Å². The summed E-state index contributed by atoms with van der Waals surface area (Å²) in [5, 5.41) is 10.6. The largest absolute Gasteiger partial charge is 0.336 e. The van der Waals surface area contributed by atoms with Crippen LogP contribution < -0.4 is 0 Å². The maximum atomic E-state index is 5.48. The molecule has 0 unspecified atom stereocenters. The second kappa shape index (κ2) is 6.02. The predicted octanol–water partition coefficient (Wildman–Crippen LogP) is 4.32. The van der Waals surface area contributed by atoms with Crippen LogP contribution in [0.25, 0.3) is 33.1 Å². The summed E-state index contributed by atoms with van der Waals surface area (Å²) in [6.07, 6.45) is 7.40. The fourth-order valence-corrected chi connectivity index (χ4v) is 3.41. The molecule has 0 aliphatic carbocycles. The Morgan fingerprint density at radius 3 is 2.81 bits per heavy atom. The van der Waals surface area contributed by atoms with Crippen molar-refractivity contribution >= 4 is 22.0 Å². The third-order valence-corrected chi connectivity index (χ3v) is 4.93. The van der Waals surface area contributed by atoms with Crippen molar-refractivity contribution in [2.75, 3.05) is 0 Å². The topological polar surface area (TPSA) is 69.6 Å². The average molecular weight is 355 g/mol. The molecule has 6 nitrogen and oxygen atoms in total. The van der Waals surface area contributed by atoms with E-state index in [0.717, 1.165) is 38.7 Å². The molecule has 1 aromatic carbocycles. The number of fused-ring (bicyclic) bond motifs is 2. The predicted molar refractivity (Wildman–Crippen MR) is 103 cm³/mol. The SMILES string of the molecule is C[C@H](c1ccc2ncccc2c1)c1noc2ncc(-c3cnn(C)c3)cc12. The van der Waals surface area contributed by atoms with E-state index in [1.165, 1.54) is 0 Å². The lowest BCUT2D eigenvalue weighted by Crippen LogP contribution is -1.97. The molecule has 0 N–H and O–H groups in total. The van der Waals surface area contributed by atoms with Crippen LogP contribution in [0.1, 0.15) is 24.1 Å². The van der Waals surface area contributed by atoms with E-state index in [2.05, 4.69) is 51.4 Å². The first kappa shape index (κ1) is 15.7. The molecule has 0 fully saturated rings. The van der Waals surface area contributed by atoms with E-state index in [0.29, 0.717) is 5.71 Å². The maximum absolute atomic E-state index is 5.48. The summed E-state index contributed by atoms with van der Waals surface area (Å²) in [6.45, 7) is 2.13. The molecule has 0 bridgehead atoms. The Kier molecular flexibility index (Phi) is 3.50. The summed E-state index contributed by atoms with van der Waals surface area (Å²) in [6, 6.07) is 12.4. The maximum Gasteiger partial charge on any atom is 0.257 e. The van der Waals surface area contributed by atoms with Gasteiger partial charge in [-0.15, -0.1) is 0 Å². The van der Waals surface area contributed by atoms with Gasteiger partial charge in [0.05, 0.1) is 17.1 Å². The highest BCUT2D eigenvalue weighted by Gasteiger charge is 2.19. The highest BCUT2D eigenvalue weighted by Crippen LogP contribution is 2.32. The molecule has 0 radical (unpaired) electrons. The molecular weight excluding hydrogens is 338 g/mol. The van der Waals surface area contributed by atoms with Crippen molar-refractivity contribution in [2.24, 2.45) is 7.05 Å². The number of aryl methyl sites for hydroxylation is 1. The second-order valence-electron chi connectivity index (χ2n) is 6.72. The van der Waals surface area contributed by atoms with Crippen molar-refractivity contribution in [3.63, 3.8) is 0 Å². The Bertz CT molecular complexity index is 1270. The minimum absolute atomic E-state index is 0.0711. The third-order valence-electron chi connectivity index (χ3n) is 4.93. The molecule has 0 saturated heterocycles. The zero-order valence-electron chi connectivity index (χ0n) is 15.0. The lowest BCUT2D eigenvalue weighted by molar-refractivity contribution is 0.436. The van der Waals surface area contributed by atoms with Crippen LogP contribution in [0.5, 0.6) is 0 Å². The smallest absolute Gasteiger partial charge is 0.257 e. The summed E-state index contributed by atoms with van der Waals surface area (Å²) in [5.74, 6) is 0.0711. The second-order valence-corrected chi connectivity index (χ2v) is 6.72. The number of aromatic nitrogens is 5. The van der Waals surface area contributed by atoms with Crippen molar-refractivity contribution in [3.8, 4) is 11.1 Å². The van der Waals surface area contributed by atoms with Gasteiger partial charge in [-0.1, -0.05) is 24.2 Å². The lowest BCUT2D eigenvalue weighted by atomic mass is 9.94. The van der Waals surface area contributed by atoms with E-state index in [4.69, 9.17) is 4.52 Å². The summed E-state index contributed by atoms with van der Waals surface area (Å²) in [4.78, 5) is 8.83. The first-order valence-corrected chi connectivity index (χ1v) is 8.78. The van der Waals surface area contributed by atoms with Gasteiger partial charge in [0.2, 0.25) is 0 Å². The molecule has 5 rings (SSSR count). The van der Waals surface area contributed by atoms with E-state index in [-0.39, 0.29) is 5.92 Å². The molecule has 0 spiro atoms. The Labute approximate surface area is 155 Å². The third kappa shape index (κ3) is 2.66. The van der Waals surface area contributed by atoms with Gasteiger partial charge in [-0.2, -0.15) is 5.10 Å². The molecule has 132 valence electrons. The summed E-state index contributed by atoms with van der Waals surface area (Å²) >= 11 is 0. The summed E-state index contributed by atoms with van der Waals surface area (Å²) < 4.78 is 7.26. The molecule has 27 heavy (non-hydrogen) atoms. The fraction of sp³-hybridized carbons (Fsp3) is 0.143. The van der Waals surface area contributed by atoms with Crippen LogP contribution in [0.15, 0.2) is 65.7 Å². The first-order valence-electron chi connectivity index (χ1n) is 8.78. The van der Waals surface area contributed by atoms with Crippen molar-refractivity contribution < 1.29 is 4.52 Å². The number of rotatable bonds is 3. The molecule has 0 aliphatic heterocycles. The van der Waals surface area contributed by atoms with Crippen LogP contribution in [-0.2, 0) is 7.05 Å².